The molecule has 0 fully saturated rings. The van der Waals surface area contributed by atoms with Gasteiger partial charge in [-0.15, -0.1) is 0 Å². The van der Waals surface area contributed by atoms with Crippen LogP contribution in [0.3, 0.4) is 0 Å². The smallest absolute Gasteiger partial charge is 0.334 e. The van der Waals surface area contributed by atoms with Crippen molar-refractivity contribution < 1.29 is 22.5 Å². The number of hydrogen-bond acceptors (Lipinski definition) is 5. The molecule has 1 amide bonds. The second-order valence-electron chi connectivity index (χ2n) is 6.92. The molecule has 0 saturated carbocycles. The number of carbonyl (C=O) groups excluding carboxylic acids is 1. The normalized spacial score (nSPS) is 11.6. The summed E-state index contributed by atoms with van der Waals surface area (Å²) in [6, 6.07) is 10.9. The quantitative estimate of drug-likeness (QED) is 0.436. The van der Waals surface area contributed by atoms with E-state index in [1.165, 1.54) is 10.7 Å². The first-order valence-corrected chi connectivity index (χ1v) is 9.65. The van der Waals surface area contributed by atoms with Crippen LogP contribution in [-0.2, 0) is 6.18 Å². The summed E-state index contributed by atoms with van der Waals surface area (Å²) >= 11 is 6.13. The number of hydrogen-bond donors (Lipinski definition) is 1. The van der Waals surface area contributed by atoms with Crippen molar-refractivity contribution in [2.75, 3.05) is 5.32 Å². The largest absolute Gasteiger partial charge is 0.416 e. The third kappa shape index (κ3) is 4.35. The molecule has 0 atom stereocenters. The standard InChI is InChI=1S/C21H15ClF3N5O2/c1-11-9-18(30(28-11)17-10-15(21(23,24)25)7-8-16(17)22)27-19(31)13-3-5-14(6-4-13)20-26-12(2)29-32-20/h3-10H,1-2H3,(H,27,31). The first-order valence-electron chi connectivity index (χ1n) is 9.28. The van der Waals surface area contributed by atoms with Gasteiger partial charge in [0.2, 0.25) is 0 Å². The fourth-order valence-corrected chi connectivity index (χ4v) is 3.19. The second-order valence-corrected chi connectivity index (χ2v) is 7.33. The number of nitrogens with one attached hydrogen (secondary N) is 1. The fourth-order valence-electron chi connectivity index (χ4n) is 2.99. The van der Waals surface area contributed by atoms with E-state index in [9.17, 15) is 18.0 Å². The van der Waals surface area contributed by atoms with E-state index in [1.54, 1.807) is 38.1 Å². The molecule has 2 heterocycles. The molecule has 7 nitrogen and oxygen atoms in total. The van der Waals surface area contributed by atoms with Gasteiger partial charge in [-0.25, -0.2) is 4.68 Å². The molecule has 0 bridgehead atoms. The Kier molecular flexibility index (Phi) is 5.47. The van der Waals surface area contributed by atoms with Crippen molar-refractivity contribution in [3.8, 4) is 17.1 Å². The number of aryl methyl sites for hydroxylation is 2. The molecule has 0 spiro atoms. The number of carbonyl (C=O) groups is 1. The van der Waals surface area contributed by atoms with Gasteiger partial charge in [0.25, 0.3) is 11.8 Å². The molecule has 32 heavy (non-hydrogen) atoms. The van der Waals surface area contributed by atoms with Gasteiger partial charge in [0.05, 0.1) is 22.0 Å². The zero-order chi connectivity index (χ0) is 23.0. The van der Waals surface area contributed by atoms with E-state index in [0.717, 1.165) is 18.2 Å². The third-order valence-electron chi connectivity index (χ3n) is 4.50. The van der Waals surface area contributed by atoms with Crippen LogP contribution in [0.25, 0.3) is 17.1 Å². The zero-order valence-electron chi connectivity index (χ0n) is 16.7. The molecule has 11 heteroatoms. The van der Waals surface area contributed by atoms with Gasteiger partial charge in [-0.3, -0.25) is 4.79 Å². The maximum Gasteiger partial charge on any atom is 0.416 e. The Balaban J connectivity index is 1.62. The SMILES string of the molecule is Cc1cc(NC(=O)c2ccc(-c3nc(C)no3)cc2)n(-c2cc(C(F)(F)F)ccc2Cl)n1. The molecule has 2 aromatic heterocycles. The highest BCUT2D eigenvalue weighted by Crippen LogP contribution is 2.34. The Hall–Kier alpha value is -3.66. The fraction of sp³-hybridized carbons (Fsp3) is 0.143. The second kappa shape index (κ2) is 8.12. The molecule has 0 aliphatic rings. The molecule has 164 valence electrons. The lowest BCUT2D eigenvalue weighted by Gasteiger charge is -2.13. The summed E-state index contributed by atoms with van der Waals surface area (Å²) in [6.45, 7) is 3.34. The number of amides is 1. The zero-order valence-corrected chi connectivity index (χ0v) is 17.5. The summed E-state index contributed by atoms with van der Waals surface area (Å²) < 4.78 is 45.7. The Labute approximate surface area is 184 Å². The summed E-state index contributed by atoms with van der Waals surface area (Å²) in [7, 11) is 0. The maximum atomic E-state index is 13.2. The predicted octanol–water partition coefficient (Wildman–Crippen LogP) is 5.46. The van der Waals surface area contributed by atoms with Crippen LogP contribution in [0.1, 0.15) is 27.4 Å². The molecule has 4 rings (SSSR count). The van der Waals surface area contributed by atoms with Crippen LogP contribution in [0.2, 0.25) is 5.02 Å². The third-order valence-corrected chi connectivity index (χ3v) is 4.82. The van der Waals surface area contributed by atoms with Crippen molar-refractivity contribution in [2.24, 2.45) is 0 Å². The topological polar surface area (TPSA) is 85.8 Å². The number of aromatic nitrogens is 4. The van der Waals surface area contributed by atoms with Crippen LogP contribution >= 0.6 is 11.6 Å². The van der Waals surface area contributed by atoms with Crippen molar-refractivity contribution >= 4 is 23.3 Å². The van der Waals surface area contributed by atoms with Crippen molar-refractivity contribution in [1.82, 2.24) is 19.9 Å². The minimum absolute atomic E-state index is 0.00740. The molecule has 2 aromatic carbocycles. The highest BCUT2D eigenvalue weighted by atomic mass is 35.5. The van der Waals surface area contributed by atoms with Crippen molar-refractivity contribution in [3.05, 3.63) is 76.2 Å². The van der Waals surface area contributed by atoms with Crippen LogP contribution in [-0.4, -0.2) is 25.8 Å². The average molecular weight is 462 g/mol. The van der Waals surface area contributed by atoms with Crippen LogP contribution in [0.5, 0.6) is 0 Å². The Bertz CT molecular complexity index is 1300. The van der Waals surface area contributed by atoms with Gasteiger partial charge in [0, 0.05) is 17.2 Å². The monoisotopic (exact) mass is 461 g/mol. The van der Waals surface area contributed by atoms with E-state index in [1.807, 2.05) is 0 Å². The van der Waals surface area contributed by atoms with Gasteiger partial charge in [-0.1, -0.05) is 16.8 Å². The minimum atomic E-state index is -4.55. The molecule has 0 aliphatic heterocycles. The average Bonchev–Trinajstić information content (AvgIpc) is 3.33. The van der Waals surface area contributed by atoms with Gasteiger partial charge >= 0.3 is 6.18 Å². The molecule has 0 saturated heterocycles. The first-order chi connectivity index (χ1) is 15.1. The molecule has 0 unspecified atom stereocenters. The Morgan fingerprint density at radius 3 is 2.44 bits per heavy atom. The van der Waals surface area contributed by atoms with Crippen LogP contribution in [0, 0.1) is 13.8 Å². The van der Waals surface area contributed by atoms with E-state index in [-0.39, 0.29) is 16.5 Å². The molecule has 1 N–H and O–H groups in total. The van der Waals surface area contributed by atoms with E-state index < -0.39 is 17.6 Å². The number of halogens is 4. The van der Waals surface area contributed by atoms with E-state index in [4.69, 9.17) is 16.1 Å². The number of benzene rings is 2. The predicted molar refractivity (Wildman–Crippen MR) is 111 cm³/mol. The van der Waals surface area contributed by atoms with Gasteiger partial charge in [0.1, 0.15) is 5.82 Å². The van der Waals surface area contributed by atoms with Gasteiger partial charge in [-0.2, -0.15) is 23.3 Å². The van der Waals surface area contributed by atoms with E-state index >= 15 is 0 Å². The molecule has 4 aromatic rings. The highest BCUT2D eigenvalue weighted by molar-refractivity contribution is 6.32. The summed E-state index contributed by atoms with van der Waals surface area (Å²) in [5, 5.41) is 10.6. The molecular formula is C21H15ClF3N5O2. The summed E-state index contributed by atoms with van der Waals surface area (Å²) in [5.74, 6) is 0.494. The Morgan fingerprint density at radius 2 is 1.81 bits per heavy atom. The number of rotatable bonds is 4. The minimum Gasteiger partial charge on any atom is -0.334 e. The number of alkyl halides is 3. The van der Waals surface area contributed by atoms with Crippen molar-refractivity contribution in [1.29, 1.82) is 0 Å². The van der Waals surface area contributed by atoms with E-state index in [0.29, 0.717) is 28.5 Å². The summed E-state index contributed by atoms with van der Waals surface area (Å²) in [5.41, 5.74) is 0.543. The molecule has 0 aliphatic carbocycles. The van der Waals surface area contributed by atoms with Crippen LogP contribution in [0.15, 0.2) is 53.1 Å². The van der Waals surface area contributed by atoms with Gasteiger partial charge in [0.15, 0.2) is 5.82 Å². The lowest BCUT2D eigenvalue weighted by molar-refractivity contribution is -0.137. The highest BCUT2D eigenvalue weighted by Gasteiger charge is 2.31. The van der Waals surface area contributed by atoms with Gasteiger partial charge in [-0.05, 0) is 56.3 Å². The lowest BCUT2D eigenvalue weighted by atomic mass is 10.1. The maximum absolute atomic E-state index is 13.2. The van der Waals surface area contributed by atoms with Crippen LogP contribution in [0.4, 0.5) is 19.0 Å². The Morgan fingerprint density at radius 1 is 1.09 bits per heavy atom. The summed E-state index contributed by atoms with van der Waals surface area (Å²) in [4.78, 5) is 16.9. The number of anilines is 1. The first kappa shape index (κ1) is 21.6. The number of nitrogens with zero attached hydrogens (tertiary/aromatic N) is 4. The molecular weight excluding hydrogens is 447 g/mol. The van der Waals surface area contributed by atoms with Crippen molar-refractivity contribution in [3.63, 3.8) is 0 Å². The van der Waals surface area contributed by atoms with E-state index in [2.05, 4.69) is 20.6 Å². The molecule has 0 radical (unpaired) electrons. The van der Waals surface area contributed by atoms with Gasteiger partial charge < -0.3 is 9.84 Å². The van der Waals surface area contributed by atoms with Crippen LogP contribution < -0.4 is 5.32 Å². The summed E-state index contributed by atoms with van der Waals surface area (Å²) in [6.07, 6.45) is -4.55. The van der Waals surface area contributed by atoms with Crippen molar-refractivity contribution in [2.45, 2.75) is 20.0 Å². The lowest BCUT2D eigenvalue weighted by Crippen LogP contribution is -2.15.